The van der Waals surface area contributed by atoms with Gasteiger partial charge in [-0.1, -0.05) is 71.3 Å². The van der Waals surface area contributed by atoms with E-state index in [9.17, 15) is 19.8 Å². The van der Waals surface area contributed by atoms with Crippen LogP contribution in [-0.2, 0) is 11.2 Å². The number of benzene rings is 2. The van der Waals surface area contributed by atoms with Crippen LogP contribution in [0.25, 0.3) is 0 Å². The number of alkyl halides is 1. The third-order valence-corrected chi connectivity index (χ3v) is 12.0. The van der Waals surface area contributed by atoms with E-state index in [-0.39, 0.29) is 34.8 Å². The van der Waals surface area contributed by atoms with Crippen LogP contribution in [0.4, 0.5) is 10.1 Å². The number of aliphatic hydroxyl groups excluding tert-OH is 1. The highest BCUT2D eigenvalue weighted by Crippen LogP contribution is 2.63. The van der Waals surface area contributed by atoms with Gasteiger partial charge in [-0.2, -0.15) is 0 Å². The molecule has 2 aromatic carbocycles. The van der Waals surface area contributed by atoms with Gasteiger partial charge in [0.05, 0.1) is 6.10 Å². The van der Waals surface area contributed by atoms with Crippen LogP contribution in [0.3, 0.4) is 0 Å². The highest BCUT2D eigenvalue weighted by atomic mass is 19.1. The molecule has 5 rings (SSSR count). The van der Waals surface area contributed by atoms with Crippen molar-refractivity contribution >= 4 is 17.5 Å². The van der Waals surface area contributed by atoms with E-state index in [1.54, 1.807) is 30.3 Å². The number of unbranched alkanes of at least 4 members (excludes halogenated alkanes) is 8. The predicted molar refractivity (Wildman–Crippen MR) is 191 cm³/mol. The van der Waals surface area contributed by atoms with Crippen LogP contribution in [0, 0.1) is 23.2 Å². The molecule has 0 radical (unpaired) electrons. The lowest BCUT2D eigenvalue weighted by Gasteiger charge is -2.54. The van der Waals surface area contributed by atoms with E-state index in [4.69, 9.17) is 0 Å². The molecular formula is C41H59FN2O4. The first-order chi connectivity index (χ1) is 23.1. The van der Waals surface area contributed by atoms with E-state index in [1.165, 1.54) is 32.6 Å². The summed E-state index contributed by atoms with van der Waals surface area (Å²) in [6, 6.07) is 12.7. The minimum atomic E-state index is -0.980. The number of hydrogen-bond donors (Lipinski definition) is 3. The van der Waals surface area contributed by atoms with Gasteiger partial charge in [-0.05, 0) is 116 Å². The summed E-state index contributed by atoms with van der Waals surface area (Å²) in [7, 11) is 0. The van der Waals surface area contributed by atoms with Crippen LogP contribution in [0.1, 0.15) is 138 Å². The van der Waals surface area contributed by atoms with Gasteiger partial charge in [0.25, 0.3) is 5.91 Å². The van der Waals surface area contributed by atoms with Crippen molar-refractivity contribution < 1.29 is 24.2 Å². The molecule has 264 valence electrons. The number of phenols is 1. The number of amides is 2. The van der Waals surface area contributed by atoms with Crippen molar-refractivity contribution in [3.05, 3.63) is 59.2 Å². The lowest BCUT2D eigenvalue weighted by Crippen LogP contribution is -2.51. The summed E-state index contributed by atoms with van der Waals surface area (Å²) in [4.78, 5) is 27.0. The highest BCUT2D eigenvalue weighted by molar-refractivity contribution is 5.95. The molecule has 2 aromatic rings. The van der Waals surface area contributed by atoms with Gasteiger partial charge in [-0.15, -0.1) is 0 Å². The summed E-state index contributed by atoms with van der Waals surface area (Å²) in [6.45, 7) is 7.30. The average Bonchev–Trinajstić information content (AvgIpc) is 3.35. The number of aliphatic hydroxyl groups is 1. The zero-order valence-electron chi connectivity index (χ0n) is 29.6. The fraction of sp³-hybridized carbons (Fsp3) is 0.659. The molecule has 6 nitrogen and oxygen atoms in total. The quantitative estimate of drug-likeness (QED) is 0.156. The second-order valence-electron chi connectivity index (χ2n) is 15.4. The van der Waals surface area contributed by atoms with Crippen molar-refractivity contribution in [2.75, 3.05) is 18.4 Å². The minimum absolute atomic E-state index is 0.0490. The van der Waals surface area contributed by atoms with E-state index >= 15 is 4.39 Å². The number of hydrogen-bond acceptors (Lipinski definition) is 4. The second kappa shape index (κ2) is 16.7. The summed E-state index contributed by atoms with van der Waals surface area (Å²) in [5, 5.41) is 24.0. The maximum Gasteiger partial charge on any atom is 0.253 e. The van der Waals surface area contributed by atoms with Gasteiger partial charge in [-0.3, -0.25) is 9.59 Å². The molecule has 3 N–H and O–H groups in total. The van der Waals surface area contributed by atoms with Crippen LogP contribution < -0.4 is 5.32 Å². The smallest absolute Gasteiger partial charge is 0.253 e. The van der Waals surface area contributed by atoms with Gasteiger partial charge in [0, 0.05) is 37.2 Å². The Morgan fingerprint density at radius 3 is 2.29 bits per heavy atom. The predicted octanol–water partition coefficient (Wildman–Crippen LogP) is 9.20. The van der Waals surface area contributed by atoms with Crippen LogP contribution in [-0.4, -0.2) is 52.3 Å². The van der Waals surface area contributed by atoms with Crippen molar-refractivity contribution in [1.82, 2.24) is 4.90 Å². The number of anilines is 1. The summed E-state index contributed by atoms with van der Waals surface area (Å²) in [5.74, 6) is 0.892. The van der Waals surface area contributed by atoms with Gasteiger partial charge in [0.1, 0.15) is 11.9 Å². The first kappa shape index (κ1) is 36.4. The van der Waals surface area contributed by atoms with Crippen molar-refractivity contribution in [2.24, 2.45) is 23.2 Å². The molecule has 2 amide bonds. The Bertz CT molecular complexity index is 1360. The molecule has 2 fully saturated rings. The number of nitrogens with zero attached hydrogens (tertiary/aromatic N) is 1. The zero-order chi connectivity index (χ0) is 34.3. The lowest BCUT2D eigenvalue weighted by atomic mass is 9.51. The monoisotopic (exact) mass is 662 g/mol. The molecule has 48 heavy (non-hydrogen) atoms. The molecule has 0 spiro atoms. The molecule has 3 unspecified atom stereocenters. The number of halogens is 1. The van der Waals surface area contributed by atoms with Crippen molar-refractivity contribution in [1.29, 1.82) is 0 Å². The maximum atomic E-state index is 16.1. The van der Waals surface area contributed by atoms with Crippen LogP contribution in [0.5, 0.6) is 5.75 Å². The Kier molecular flexibility index (Phi) is 12.6. The molecule has 3 aliphatic rings. The fourth-order valence-electron chi connectivity index (χ4n) is 9.58. The summed E-state index contributed by atoms with van der Waals surface area (Å²) < 4.78 is 16.1. The Labute approximate surface area is 287 Å². The molecule has 0 aromatic heterocycles. The third kappa shape index (κ3) is 8.43. The van der Waals surface area contributed by atoms with E-state index < -0.39 is 12.3 Å². The molecule has 7 atom stereocenters. The number of carbonyl (C=O) groups excluding carboxylic acids is 2. The zero-order valence-corrected chi connectivity index (χ0v) is 29.6. The largest absolute Gasteiger partial charge is 0.508 e. The van der Waals surface area contributed by atoms with Gasteiger partial charge in [0.15, 0.2) is 0 Å². The third-order valence-electron chi connectivity index (χ3n) is 12.0. The fourth-order valence-corrected chi connectivity index (χ4v) is 9.58. The van der Waals surface area contributed by atoms with Crippen LogP contribution >= 0.6 is 0 Å². The Morgan fingerprint density at radius 1 is 0.938 bits per heavy atom. The summed E-state index contributed by atoms with van der Waals surface area (Å²) >= 11 is 0. The molecule has 0 bridgehead atoms. The van der Waals surface area contributed by atoms with E-state index in [1.807, 2.05) is 17.0 Å². The molecule has 7 heteroatoms. The van der Waals surface area contributed by atoms with Crippen molar-refractivity contribution in [3.63, 3.8) is 0 Å². The Balaban J connectivity index is 1.17. The van der Waals surface area contributed by atoms with Gasteiger partial charge >= 0.3 is 0 Å². The number of nitrogens with one attached hydrogen (secondary N) is 1. The Hall–Kier alpha value is -2.93. The summed E-state index contributed by atoms with van der Waals surface area (Å²) in [5.41, 5.74) is 3.15. The van der Waals surface area contributed by atoms with E-state index in [2.05, 4.69) is 19.2 Å². The normalized spacial score (nSPS) is 27.5. The topological polar surface area (TPSA) is 89.9 Å². The molecule has 2 saturated carbocycles. The standard InChI is InChI=1S/C41H59FN2O4/c1-4-5-6-7-9-12-23-44(40(48)29-15-17-32(18-16-29)43-28(2)45)24-13-10-8-11-14-30-25-31-26-33(46)19-20-34(31)39-36(42)27-41(3)35(38(30)39)21-22-37(41)47/h15-20,26,30,35-39,46-47H,4-14,21-25,27H2,1-3H3,(H,43,45)/t30-,35?,36+,37+,38?,39?,41+/m1/s1. The van der Waals surface area contributed by atoms with Crippen LogP contribution in [0.15, 0.2) is 42.5 Å². The molecular weight excluding hydrogens is 603 g/mol. The van der Waals surface area contributed by atoms with E-state index in [0.29, 0.717) is 29.5 Å². The summed E-state index contributed by atoms with van der Waals surface area (Å²) in [6.07, 6.45) is 13.8. The SMILES string of the molecule is CCCCCCCCN(CCCCCC[C@@H]1Cc2cc(O)ccc2C2C1C1CC[C@H](O)[C@@]1(C)C[C@@H]2F)C(=O)c1ccc(NC(C)=O)cc1. The molecule has 3 aliphatic carbocycles. The minimum Gasteiger partial charge on any atom is -0.508 e. The first-order valence-electron chi connectivity index (χ1n) is 18.9. The van der Waals surface area contributed by atoms with Crippen molar-refractivity contribution in [3.8, 4) is 5.75 Å². The average molecular weight is 663 g/mol. The van der Waals surface area contributed by atoms with Crippen molar-refractivity contribution in [2.45, 2.75) is 135 Å². The first-order valence-corrected chi connectivity index (χ1v) is 18.9. The van der Waals surface area contributed by atoms with E-state index in [0.717, 1.165) is 88.4 Å². The van der Waals surface area contributed by atoms with Crippen LogP contribution in [0.2, 0.25) is 0 Å². The number of carbonyl (C=O) groups is 2. The number of fused-ring (bicyclic) bond motifs is 5. The molecule has 0 aliphatic heterocycles. The Morgan fingerprint density at radius 2 is 1.60 bits per heavy atom. The number of aromatic hydroxyl groups is 1. The maximum absolute atomic E-state index is 16.1. The number of rotatable bonds is 16. The van der Waals surface area contributed by atoms with Gasteiger partial charge < -0.3 is 20.4 Å². The second-order valence-corrected chi connectivity index (χ2v) is 15.4. The number of phenolic OH excluding ortho intramolecular Hbond substituents is 1. The highest BCUT2D eigenvalue weighted by Gasteiger charge is 2.59. The molecule has 0 heterocycles. The van der Waals surface area contributed by atoms with Gasteiger partial charge in [0.2, 0.25) is 5.91 Å². The molecule has 0 saturated heterocycles. The lowest BCUT2D eigenvalue weighted by molar-refractivity contribution is -0.114. The van der Waals surface area contributed by atoms with Gasteiger partial charge in [-0.25, -0.2) is 4.39 Å².